The van der Waals surface area contributed by atoms with Gasteiger partial charge in [-0.1, -0.05) is 12.1 Å². The summed E-state index contributed by atoms with van der Waals surface area (Å²) in [5.41, 5.74) is 9.86. The zero-order valence-electron chi connectivity index (χ0n) is 14.4. The fourth-order valence-corrected chi connectivity index (χ4v) is 2.53. The van der Waals surface area contributed by atoms with E-state index in [0.29, 0.717) is 0 Å². The van der Waals surface area contributed by atoms with Crippen LogP contribution >= 0.6 is 0 Å². The Hall–Kier alpha value is -1.06. The van der Waals surface area contributed by atoms with Gasteiger partial charge in [0.1, 0.15) is 0 Å². The van der Waals surface area contributed by atoms with Crippen LogP contribution in [0.4, 0.5) is 5.69 Å². The Morgan fingerprint density at radius 2 is 1.38 bits per heavy atom. The van der Waals surface area contributed by atoms with E-state index in [1.165, 1.54) is 43.4 Å². The number of hydrogen-bond acceptors (Lipinski definition) is 3. The SMILES string of the molecule is CN(C)CCCCc1ccc(CCCCN(C)C)c(N)c1. The molecule has 2 N–H and O–H groups in total. The second-order valence-corrected chi connectivity index (χ2v) is 6.55. The highest BCUT2D eigenvalue weighted by Gasteiger charge is 2.02. The van der Waals surface area contributed by atoms with Gasteiger partial charge in [0.2, 0.25) is 0 Å². The first kappa shape index (κ1) is 18.0. The summed E-state index contributed by atoms with van der Waals surface area (Å²) in [6.07, 6.45) is 7.17. The van der Waals surface area contributed by atoms with Gasteiger partial charge in [-0.15, -0.1) is 0 Å². The Labute approximate surface area is 131 Å². The van der Waals surface area contributed by atoms with Crippen LogP contribution < -0.4 is 5.73 Å². The van der Waals surface area contributed by atoms with Crippen molar-refractivity contribution in [2.45, 2.75) is 38.5 Å². The molecule has 3 nitrogen and oxygen atoms in total. The Kier molecular flexibility index (Phi) is 8.40. The first-order valence-electron chi connectivity index (χ1n) is 8.16. The van der Waals surface area contributed by atoms with Crippen LogP contribution in [0.3, 0.4) is 0 Å². The summed E-state index contributed by atoms with van der Waals surface area (Å²) in [7, 11) is 8.51. The molecule has 0 amide bonds. The van der Waals surface area contributed by atoms with Crippen molar-refractivity contribution in [2.24, 2.45) is 0 Å². The van der Waals surface area contributed by atoms with E-state index in [0.717, 1.165) is 25.1 Å². The van der Waals surface area contributed by atoms with E-state index in [2.05, 4.69) is 56.2 Å². The van der Waals surface area contributed by atoms with Gasteiger partial charge in [0.15, 0.2) is 0 Å². The van der Waals surface area contributed by atoms with Crippen LogP contribution in [0.25, 0.3) is 0 Å². The fourth-order valence-electron chi connectivity index (χ4n) is 2.53. The third-order valence-electron chi connectivity index (χ3n) is 3.83. The van der Waals surface area contributed by atoms with E-state index in [1.54, 1.807) is 0 Å². The normalized spacial score (nSPS) is 11.5. The van der Waals surface area contributed by atoms with Crippen LogP contribution in [-0.2, 0) is 12.8 Å². The van der Waals surface area contributed by atoms with Crippen molar-refractivity contribution in [2.75, 3.05) is 47.0 Å². The number of nitrogens with two attached hydrogens (primary N) is 1. The van der Waals surface area contributed by atoms with Crippen LogP contribution in [0.5, 0.6) is 0 Å². The molecule has 1 rings (SSSR count). The van der Waals surface area contributed by atoms with E-state index >= 15 is 0 Å². The van der Waals surface area contributed by atoms with Gasteiger partial charge in [-0.25, -0.2) is 0 Å². The third-order valence-corrected chi connectivity index (χ3v) is 3.83. The van der Waals surface area contributed by atoms with Gasteiger partial charge in [0.05, 0.1) is 0 Å². The molecule has 0 aliphatic heterocycles. The molecule has 1 aromatic rings. The Balaban J connectivity index is 2.34. The summed E-state index contributed by atoms with van der Waals surface area (Å²) >= 11 is 0. The first-order valence-corrected chi connectivity index (χ1v) is 8.16. The molecule has 0 spiro atoms. The maximum atomic E-state index is 6.20. The van der Waals surface area contributed by atoms with Crippen molar-refractivity contribution in [1.82, 2.24) is 9.80 Å². The molecular weight excluding hydrogens is 258 g/mol. The van der Waals surface area contributed by atoms with E-state index in [1.807, 2.05) is 0 Å². The Morgan fingerprint density at radius 1 is 0.810 bits per heavy atom. The lowest BCUT2D eigenvalue weighted by Gasteiger charge is -2.11. The van der Waals surface area contributed by atoms with Gasteiger partial charge in [-0.2, -0.15) is 0 Å². The average molecular weight is 291 g/mol. The predicted molar refractivity (Wildman–Crippen MR) is 93.8 cm³/mol. The molecule has 0 bridgehead atoms. The van der Waals surface area contributed by atoms with E-state index in [9.17, 15) is 0 Å². The predicted octanol–water partition coefficient (Wildman–Crippen LogP) is 3.04. The standard InChI is InChI=1S/C18H33N3/c1-20(2)13-7-5-9-16-11-12-17(18(19)15-16)10-6-8-14-21(3)4/h11-12,15H,5-10,13-14,19H2,1-4H3. The van der Waals surface area contributed by atoms with Crippen LogP contribution in [0, 0.1) is 0 Å². The second kappa shape index (κ2) is 9.80. The number of anilines is 1. The quantitative estimate of drug-likeness (QED) is 0.531. The van der Waals surface area contributed by atoms with Crippen molar-refractivity contribution in [3.8, 4) is 0 Å². The molecule has 0 unspecified atom stereocenters. The highest BCUT2D eigenvalue weighted by molar-refractivity contribution is 5.49. The summed E-state index contributed by atoms with van der Waals surface area (Å²) in [6.45, 7) is 2.32. The molecule has 0 radical (unpaired) electrons. The van der Waals surface area contributed by atoms with Gasteiger partial charge in [0.25, 0.3) is 0 Å². The number of aryl methyl sites for hydroxylation is 2. The molecule has 0 heterocycles. The maximum Gasteiger partial charge on any atom is 0.0349 e. The van der Waals surface area contributed by atoms with Crippen molar-refractivity contribution in [3.05, 3.63) is 29.3 Å². The zero-order chi connectivity index (χ0) is 15.7. The van der Waals surface area contributed by atoms with Crippen LogP contribution in [0.2, 0.25) is 0 Å². The molecule has 21 heavy (non-hydrogen) atoms. The second-order valence-electron chi connectivity index (χ2n) is 6.55. The minimum atomic E-state index is 0.977. The van der Waals surface area contributed by atoms with Crippen molar-refractivity contribution < 1.29 is 0 Å². The van der Waals surface area contributed by atoms with Gasteiger partial charge in [0, 0.05) is 5.69 Å². The van der Waals surface area contributed by atoms with E-state index in [4.69, 9.17) is 5.73 Å². The largest absolute Gasteiger partial charge is 0.398 e. The van der Waals surface area contributed by atoms with Crippen molar-refractivity contribution >= 4 is 5.69 Å². The molecular formula is C18H33N3. The third kappa shape index (κ3) is 8.08. The zero-order valence-corrected chi connectivity index (χ0v) is 14.4. The van der Waals surface area contributed by atoms with E-state index < -0.39 is 0 Å². The highest BCUT2D eigenvalue weighted by atomic mass is 15.0. The summed E-state index contributed by atoms with van der Waals surface area (Å²) in [4.78, 5) is 4.48. The molecule has 0 saturated carbocycles. The highest BCUT2D eigenvalue weighted by Crippen LogP contribution is 2.18. The lowest BCUT2D eigenvalue weighted by Crippen LogP contribution is -2.13. The number of nitrogen functional groups attached to an aromatic ring is 1. The Morgan fingerprint density at radius 3 is 1.90 bits per heavy atom. The van der Waals surface area contributed by atoms with Gasteiger partial charge < -0.3 is 15.5 Å². The number of unbranched alkanes of at least 4 members (excludes halogenated alkanes) is 2. The summed E-state index contributed by atoms with van der Waals surface area (Å²) in [5.74, 6) is 0. The monoisotopic (exact) mass is 291 g/mol. The number of rotatable bonds is 10. The molecule has 0 fully saturated rings. The van der Waals surface area contributed by atoms with Crippen molar-refractivity contribution in [1.29, 1.82) is 0 Å². The first-order chi connectivity index (χ1) is 9.99. The van der Waals surface area contributed by atoms with Gasteiger partial charge in [-0.05, 0) is 97.0 Å². The molecule has 0 aliphatic rings. The molecule has 0 aliphatic carbocycles. The molecule has 3 heteroatoms. The maximum absolute atomic E-state index is 6.20. The van der Waals surface area contributed by atoms with Crippen LogP contribution in [0.1, 0.15) is 36.8 Å². The number of nitrogens with zero attached hydrogens (tertiary/aromatic N) is 2. The summed E-state index contributed by atoms with van der Waals surface area (Å²) in [6, 6.07) is 6.66. The van der Waals surface area contributed by atoms with Gasteiger partial charge >= 0.3 is 0 Å². The molecule has 1 aromatic carbocycles. The van der Waals surface area contributed by atoms with E-state index in [-0.39, 0.29) is 0 Å². The molecule has 120 valence electrons. The Bertz CT molecular complexity index is 399. The summed E-state index contributed by atoms with van der Waals surface area (Å²) < 4.78 is 0. The van der Waals surface area contributed by atoms with Gasteiger partial charge in [-0.3, -0.25) is 0 Å². The number of benzene rings is 1. The van der Waals surface area contributed by atoms with Crippen LogP contribution in [0.15, 0.2) is 18.2 Å². The van der Waals surface area contributed by atoms with Crippen LogP contribution in [-0.4, -0.2) is 51.1 Å². The smallest absolute Gasteiger partial charge is 0.0349 e. The minimum Gasteiger partial charge on any atom is -0.398 e. The van der Waals surface area contributed by atoms with Crippen molar-refractivity contribution in [3.63, 3.8) is 0 Å². The molecule has 0 saturated heterocycles. The topological polar surface area (TPSA) is 32.5 Å². The number of hydrogen-bond donors (Lipinski definition) is 1. The average Bonchev–Trinajstić information content (AvgIpc) is 2.41. The fraction of sp³-hybridized carbons (Fsp3) is 0.667. The molecule has 0 atom stereocenters. The minimum absolute atomic E-state index is 0.977. The lowest BCUT2D eigenvalue weighted by atomic mass is 10.0. The molecule has 0 aromatic heterocycles. The summed E-state index contributed by atoms with van der Waals surface area (Å²) in [5, 5.41) is 0. The lowest BCUT2D eigenvalue weighted by molar-refractivity contribution is 0.394.